The summed E-state index contributed by atoms with van der Waals surface area (Å²) in [7, 11) is 1.59. The first-order valence-corrected chi connectivity index (χ1v) is 11.2. The molecule has 0 radical (unpaired) electrons. The Labute approximate surface area is 197 Å². The fourth-order valence-corrected chi connectivity index (χ4v) is 4.13. The second-order valence-electron chi connectivity index (χ2n) is 8.06. The minimum Gasteiger partial charge on any atom is -0.495 e. The molecule has 1 amide bonds. The lowest BCUT2D eigenvalue weighted by molar-refractivity contribution is 0.102. The molecule has 0 fully saturated rings. The number of aromatic nitrogens is 2. The summed E-state index contributed by atoms with van der Waals surface area (Å²) in [6.07, 6.45) is 3.96. The fraction of sp³-hybridized carbons (Fsp3) is 0.143. The Bertz CT molecular complexity index is 1520. The van der Waals surface area contributed by atoms with Crippen LogP contribution < -0.4 is 14.8 Å². The van der Waals surface area contributed by atoms with E-state index in [1.54, 1.807) is 7.11 Å². The minimum absolute atomic E-state index is 0.263. The van der Waals surface area contributed by atoms with Crippen LogP contribution in [0.15, 0.2) is 79.1 Å². The molecule has 1 N–H and O–H groups in total. The van der Waals surface area contributed by atoms with E-state index >= 15 is 0 Å². The molecular weight excluding hydrogens is 426 g/mol. The molecule has 34 heavy (non-hydrogen) atoms. The number of nitrogens with zero attached hydrogens (tertiary/aromatic N) is 2. The van der Waals surface area contributed by atoms with E-state index in [4.69, 9.17) is 14.5 Å². The molecule has 0 aliphatic carbocycles. The van der Waals surface area contributed by atoms with Gasteiger partial charge < -0.3 is 19.2 Å². The average molecular weight is 452 g/mol. The van der Waals surface area contributed by atoms with E-state index in [-0.39, 0.29) is 5.91 Å². The van der Waals surface area contributed by atoms with Crippen LogP contribution in [-0.4, -0.2) is 29.0 Å². The first kappa shape index (κ1) is 21.5. The molecule has 3 aromatic carbocycles. The molecule has 6 heteroatoms. The van der Waals surface area contributed by atoms with Gasteiger partial charge in [0, 0.05) is 18.0 Å². The van der Waals surface area contributed by atoms with Gasteiger partial charge in [0.15, 0.2) is 0 Å². The third-order valence-corrected chi connectivity index (χ3v) is 5.78. The van der Waals surface area contributed by atoms with E-state index in [2.05, 4.69) is 5.32 Å². The molecule has 0 saturated heterocycles. The lowest BCUT2D eigenvalue weighted by atomic mass is 10.0. The summed E-state index contributed by atoms with van der Waals surface area (Å²) in [5, 5.41) is 4.84. The highest BCUT2D eigenvalue weighted by Crippen LogP contribution is 2.33. The number of fused-ring (bicyclic) bond motifs is 2. The summed E-state index contributed by atoms with van der Waals surface area (Å²) < 4.78 is 13.3. The highest BCUT2D eigenvalue weighted by atomic mass is 16.5. The molecule has 170 valence electrons. The molecule has 0 saturated carbocycles. The Balaban J connectivity index is 1.55. The Morgan fingerprint density at radius 3 is 2.68 bits per heavy atom. The third-order valence-electron chi connectivity index (χ3n) is 5.78. The molecular formula is C28H25N3O3. The van der Waals surface area contributed by atoms with Gasteiger partial charge in [-0.3, -0.25) is 4.79 Å². The number of anilines is 1. The van der Waals surface area contributed by atoms with Gasteiger partial charge >= 0.3 is 0 Å². The predicted octanol–water partition coefficient (Wildman–Crippen LogP) is 6.12. The van der Waals surface area contributed by atoms with Crippen LogP contribution >= 0.6 is 0 Å². The minimum atomic E-state index is -0.263. The molecule has 0 atom stereocenters. The summed E-state index contributed by atoms with van der Waals surface area (Å²) >= 11 is 0. The monoisotopic (exact) mass is 451 g/mol. The van der Waals surface area contributed by atoms with Gasteiger partial charge in [-0.25, -0.2) is 4.98 Å². The van der Waals surface area contributed by atoms with Crippen molar-refractivity contribution in [3.8, 4) is 22.8 Å². The largest absolute Gasteiger partial charge is 0.495 e. The van der Waals surface area contributed by atoms with Crippen LogP contribution in [0.4, 0.5) is 5.69 Å². The number of methoxy groups -OCH3 is 1. The van der Waals surface area contributed by atoms with E-state index in [1.807, 2.05) is 97.4 Å². The van der Waals surface area contributed by atoms with E-state index in [1.165, 1.54) is 0 Å². The maximum atomic E-state index is 13.6. The van der Waals surface area contributed by atoms with E-state index < -0.39 is 0 Å². The summed E-state index contributed by atoms with van der Waals surface area (Å²) in [4.78, 5) is 18.3. The van der Waals surface area contributed by atoms with E-state index in [0.717, 1.165) is 33.2 Å². The Hall–Kier alpha value is -4.32. The maximum absolute atomic E-state index is 13.6. The first-order valence-electron chi connectivity index (χ1n) is 11.2. The molecule has 0 bridgehead atoms. The molecule has 6 nitrogen and oxygen atoms in total. The van der Waals surface area contributed by atoms with E-state index in [9.17, 15) is 4.79 Å². The van der Waals surface area contributed by atoms with Gasteiger partial charge in [0.2, 0.25) is 0 Å². The smallest absolute Gasteiger partial charge is 0.260 e. The molecule has 2 aromatic heterocycles. The highest BCUT2D eigenvalue weighted by molar-refractivity contribution is 6.15. The molecule has 0 unspecified atom stereocenters. The van der Waals surface area contributed by atoms with Crippen molar-refractivity contribution < 1.29 is 14.3 Å². The van der Waals surface area contributed by atoms with Gasteiger partial charge in [0.05, 0.1) is 30.7 Å². The van der Waals surface area contributed by atoms with Crippen LogP contribution in [0.5, 0.6) is 11.5 Å². The summed E-state index contributed by atoms with van der Waals surface area (Å²) in [5.74, 6) is 0.848. The van der Waals surface area contributed by atoms with Gasteiger partial charge in [-0.15, -0.1) is 0 Å². The number of rotatable bonds is 6. The van der Waals surface area contributed by atoms with Gasteiger partial charge in [-0.1, -0.05) is 30.3 Å². The summed E-state index contributed by atoms with van der Waals surface area (Å²) in [6.45, 7) is 4.41. The van der Waals surface area contributed by atoms with Crippen LogP contribution in [0.2, 0.25) is 0 Å². The standard InChI is InChI=1S/C28H25N3O3/c1-4-34-25-12-9-19-7-5-6-8-21(19)27(25)28(32)30-22-16-20(10-11-24(22)33-3)23-17-31-14-13-18(2)15-26(31)29-23/h5-17H,4H2,1-3H3,(H,30,32). The van der Waals surface area contributed by atoms with Crippen molar-refractivity contribution in [1.82, 2.24) is 9.38 Å². The quantitative estimate of drug-likeness (QED) is 0.338. The van der Waals surface area contributed by atoms with Crippen LogP contribution in [-0.2, 0) is 0 Å². The third kappa shape index (κ3) is 3.94. The number of amides is 1. The molecule has 2 heterocycles. The van der Waals surface area contributed by atoms with Crippen molar-refractivity contribution in [1.29, 1.82) is 0 Å². The van der Waals surface area contributed by atoms with Crippen molar-refractivity contribution in [2.75, 3.05) is 19.0 Å². The molecule has 0 aliphatic heterocycles. The first-order chi connectivity index (χ1) is 16.6. The van der Waals surface area contributed by atoms with E-state index in [0.29, 0.717) is 29.4 Å². The second-order valence-corrected chi connectivity index (χ2v) is 8.06. The van der Waals surface area contributed by atoms with Crippen molar-refractivity contribution in [2.45, 2.75) is 13.8 Å². The number of pyridine rings is 1. The number of ether oxygens (including phenoxy) is 2. The van der Waals surface area contributed by atoms with Crippen molar-refractivity contribution in [2.24, 2.45) is 0 Å². The molecule has 5 rings (SSSR count). The molecule has 5 aromatic rings. The highest BCUT2D eigenvalue weighted by Gasteiger charge is 2.19. The topological polar surface area (TPSA) is 64.9 Å². The predicted molar refractivity (Wildman–Crippen MR) is 135 cm³/mol. The van der Waals surface area contributed by atoms with Crippen LogP contribution in [0, 0.1) is 6.92 Å². The number of carbonyl (C=O) groups excluding carboxylic acids is 1. The zero-order valence-electron chi connectivity index (χ0n) is 19.3. The number of carbonyl (C=O) groups is 1. The normalized spacial score (nSPS) is 11.0. The summed E-state index contributed by atoms with van der Waals surface area (Å²) in [5.41, 5.74) is 4.76. The van der Waals surface area contributed by atoms with Gasteiger partial charge in [0.25, 0.3) is 5.91 Å². The number of benzene rings is 3. The zero-order valence-corrected chi connectivity index (χ0v) is 19.3. The van der Waals surface area contributed by atoms with Crippen molar-refractivity contribution in [3.63, 3.8) is 0 Å². The molecule has 0 aliphatic rings. The van der Waals surface area contributed by atoms with Crippen LogP contribution in [0.25, 0.3) is 27.7 Å². The summed E-state index contributed by atoms with van der Waals surface area (Å²) in [6, 6.07) is 21.3. The number of aryl methyl sites for hydroxylation is 1. The average Bonchev–Trinajstić information content (AvgIpc) is 3.27. The van der Waals surface area contributed by atoms with Crippen molar-refractivity contribution >= 4 is 28.0 Å². The Kier molecular flexibility index (Phi) is 5.64. The lowest BCUT2D eigenvalue weighted by Crippen LogP contribution is -2.15. The number of hydrogen-bond acceptors (Lipinski definition) is 4. The van der Waals surface area contributed by atoms with Gasteiger partial charge in [0.1, 0.15) is 17.1 Å². The van der Waals surface area contributed by atoms with Gasteiger partial charge in [-0.2, -0.15) is 0 Å². The zero-order chi connectivity index (χ0) is 23.7. The van der Waals surface area contributed by atoms with Gasteiger partial charge in [-0.05, 0) is 66.6 Å². The van der Waals surface area contributed by atoms with Crippen molar-refractivity contribution in [3.05, 3.63) is 90.3 Å². The molecule has 0 spiro atoms. The second kappa shape index (κ2) is 8.90. The number of hydrogen-bond donors (Lipinski definition) is 1. The maximum Gasteiger partial charge on any atom is 0.260 e. The fourth-order valence-electron chi connectivity index (χ4n) is 4.13. The SMILES string of the molecule is CCOc1ccc2ccccc2c1C(=O)Nc1cc(-c2cn3ccc(C)cc3n2)ccc1OC. The Morgan fingerprint density at radius 1 is 1.03 bits per heavy atom. The Morgan fingerprint density at radius 2 is 1.85 bits per heavy atom. The number of imidazole rings is 1. The van der Waals surface area contributed by atoms with Crippen LogP contribution in [0.1, 0.15) is 22.8 Å². The van der Waals surface area contributed by atoms with Crippen LogP contribution in [0.3, 0.4) is 0 Å². The lowest BCUT2D eigenvalue weighted by Gasteiger charge is -2.15. The number of nitrogens with one attached hydrogen (secondary N) is 1.